The van der Waals surface area contributed by atoms with Crippen molar-refractivity contribution >= 4 is 28.7 Å². The number of benzene rings is 3. The number of hydrogen-bond acceptors (Lipinski definition) is 6. The Morgan fingerprint density at radius 3 is 2.24 bits per heavy atom. The molecule has 5 rings (SSSR count). The van der Waals surface area contributed by atoms with Gasteiger partial charge in [-0.15, -0.1) is 17.0 Å². The Morgan fingerprint density at radius 1 is 0.895 bits per heavy atom. The van der Waals surface area contributed by atoms with E-state index in [1.807, 2.05) is 85.8 Å². The topological polar surface area (TPSA) is 93.8 Å². The summed E-state index contributed by atoms with van der Waals surface area (Å²) in [6, 6.07) is 25.7. The lowest BCUT2D eigenvalue weighted by Gasteiger charge is -2.16. The summed E-state index contributed by atoms with van der Waals surface area (Å²) in [7, 11) is 0. The van der Waals surface area contributed by atoms with Crippen molar-refractivity contribution in [3.8, 4) is 22.5 Å². The number of aromatic amines is 1. The molecule has 2 aromatic heterocycles. The van der Waals surface area contributed by atoms with Gasteiger partial charge in [0.2, 0.25) is 0 Å². The molecular formula is C29H27BrN4O3S. The standard InChI is InChI=1S/C29H26N4O3S.BrH/c1-3-37-28-30-19(2)25(17-20-9-5-4-6-10-20)27(34)33(28)18-21-13-15-22(16-14-21)23-11-7-8-12-24(23)26-31-29(35)36-32-26;/h4-16H,3,17-18H2,1-2H3,(H,31,32,35);1H. The predicted octanol–water partition coefficient (Wildman–Crippen LogP) is 5.89. The lowest BCUT2D eigenvalue weighted by molar-refractivity contribution is 0.388. The van der Waals surface area contributed by atoms with E-state index in [1.165, 1.54) is 0 Å². The van der Waals surface area contributed by atoms with Crippen molar-refractivity contribution < 1.29 is 4.52 Å². The van der Waals surface area contributed by atoms with Gasteiger partial charge < -0.3 is 0 Å². The van der Waals surface area contributed by atoms with Crippen LogP contribution in [0.1, 0.15) is 29.3 Å². The molecule has 0 radical (unpaired) electrons. The predicted molar refractivity (Wildman–Crippen MR) is 156 cm³/mol. The number of aromatic nitrogens is 4. The maximum atomic E-state index is 13.7. The first-order valence-corrected chi connectivity index (χ1v) is 13.0. The molecule has 9 heteroatoms. The van der Waals surface area contributed by atoms with Gasteiger partial charge in [0.25, 0.3) is 5.56 Å². The van der Waals surface area contributed by atoms with Gasteiger partial charge in [-0.3, -0.25) is 18.9 Å². The smallest absolute Gasteiger partial charge is 0.296 e. The molecule has 0 saturated carbocycles. The minimum absolute atomic E-state index is 0. The maximum Gasteiger partial charge on any atom is 0.439 e. The molecule has 0 spiro atoms. The third-order valence-corrected chi connectivity index (χ3v) is 7.02. The summed E-state index contributed by atoms with van der Waals surface area (Å²) in [6.45, 7) is 4.40. The van der Waals surface area contributed by atoms with E-state index in [2.05, 4.69) is 17.1 Å². The van der Waals surface area contributed by atoms with E-state index in [4.69, 9.17) is 9.51 Å². The van der Waals surface area contributed by atoms with Gasteiger partial charge in [-0.2, -0.15) is 0 Å². The Balaban J connectivity index is 0.00000336. The summed E-state index contributed by atoms with van der Waals surface area (Å²) in [5, 5.41) is 4.57. The number of rotatable bonds is 8. The fourth-order valence-corrected chi connectivity index (χ4v) is 5.08. The molecule has 5 aromatic rings. The summed E-state index contributed by atoms with van der Waals surface area (Å²) >= 11 is 1.57. The van der Waals surface area contributed by atoms with Crippen LogP contribution in [-0.4, -0.2) is 25.4 Å². The molecule has 7 nitrogen and oxygen atoms in total. The third-order valence-electron chi connectivity index (χ3n) is 6.16. The molecule has 0 aliphatic carbocycles. The number of H-pyrrole nitrogens is 1. The molecule has 0 fully saturated rings. The molecule has 0 aliphatic heterocycles. The van der Waals surface area contributed by atoms with Crippen molar-refractivity contribution in [1.29, 1.82) is 0 Å². The van der Waals surface area contributed by atoms with Crippen LogP contribution in [0, 0.1) is 6.92 Å². The van der Waals surface area contributed by atoms with E-state index in [0.29, 0.717) is 18.8 Å². The molecule has 0 unspecified atom stereocenters. The summed E-state index contributed by atoms with van der Waals surface area (Å²) in [6.07, 6.45) is 0.551. The fraction of sp³-hybridized carbons (Fsp3) is 0.172. The fourth-order valence-electron chi connectivity index (χ4n) is 4.32. The maximum absolute atomic E-state index is 13.7. The van der Waals surface area contributed by atoms with E-state index >= 15 is 0 Å². The van der Waals surface area contributed by atoms with Crippen LogP contribution < -0.4 is 11.3 Å². The molecule has 1 N–H and O–H groups in total. The van der Waals surface area contributed by atoms with Gasteiger partial charge in [0.05, 0.1) is 6.54 Å². The quantitative estimate of drug-likeness (QED) is 0.179. The second-order valence-electron chi connectivity index (χ2n) is 8.63. The Bertz CT molecular complexity index is 1640. The summed E-state index contributed by atoms with van der Waals surface area (Å²) in [4.78, 5) is 32.5. The van der Waals surface area contributed by atoms with Crippen LogP contribution in [0.25, 0.3) is 22.5 Å². The Morgan fingerprint density at radius 2 is 1.58 bits per heavy atom. The van der Waals surface area contributed by atoms with Gasteiger partial charge in [-0.1, -0.05) is 103 Å². The van der Waals surface area contributed by atoms with E-state index in [1.54, 1.807) is 16.3 Å². The van der Waals surface area contributed by atoms with Gasteiger partial charge in [-0.25, -0.2) is 9.78 Å². The second-order valence-corrected chi connectivity index (χ2v) is 9.86. The van der Waals surface area contributed by atoms with Gasteiger partial charge in [0.15, 0.2) is 11.0 Å². The third kappa shape index (κ3) is 5.89. The number of aryl methyl sites for hydroxylation is 1. The van der Waals surface area contributed by atoms with Crippen LogP contribution >= 0.6 is 28.7 Å². The van der Waals surface area contributed by atoms with Crippen molar-refractivity contribution in [3.63, 3.8) is 0 Å². The van der Waals surface area contributed by atoms with E-state index in [9.17, 15) is 9.59 Å². The highest BCUT2D eigenvalue weighted by atomic mass is 79.9. The highest BCUT2D eigenvalue weighted by molar-refractivity contribution is 8.93. The van der Waals surface area contributed by atoms with E-state index in [-0.39, 0.29) is 22.5 Å². The minimum Gasteiger partial charge on any atom is -0.296 e. The Labute approximate surface area is 234 Å². The van der Waals surface area contributed by atoms with Crippen molar-refractivity contribution in [2.24, 2.45) is 0 Å². The molecule has 38 heavy (non-hydrogen) atoms. The number of halogens is 1. The van der Waals surface area contributed by atoms with Gasteiger partial charge in [0, 0.05) is 23.2 Å². The second kappa shape index (κ2) is 12.2. The first kappa shape index (κ1) is 27.3. The first-order valence-electron chi connectivity index (χ1n) is 12.0. The lowest BCUT2D eigenvalue weighted by Crippen LogP contribution is -2.28. The van der Waals surface area contributed by atoms with Gasteiger partial charge in [-0.05, 0) is 34.9 Å². The van der Waals surface area contributed by atoms with Crippen molar-refractivity contribution in [2.45, 2.75) is 32.0 Å². The van der Waals surface area contributed by atoms with Crippen molar-refractivity contribution in [2.75, 3.05) is 5.75 Å². The lowest BCUT2D eigenvalue weighted by atomic mass is 9.98. The summed E-state index contributed by atoms with van der Waals surface area (Å²) < 4.78 is 6.47. The molecule has 0 bridgehead atoms. The average molecular weight is 592 g/mol. The largest absolute Gasteiger partial charge is 0.439 e. The van der Waals surface area contributed by atoms with Crippen LogP contribution in [0.5, 0.6) is 0 Å². The number of hydrogen-bond donors (Lipinski definition) is 1. The molecule has 3 aromatic carbocycles. The molecule has 0 atom stereocenters. The van der Waals surface area contributed by atoms with Gasteiger partial charge in [0.1, 0.15) is 0 Å². The number of nitrogens with one attached hydrogen (secondary N) is 1. The SMILES string of the molecule is Br.CCSc1nc(C)c(Cc2ccccc2)c(=O)n1Cc1ccc(-c2ccccc2-c2noc(=O)[nH]2)cc1. The zero-order chi connectivity index (χ0) is 25.8. The molecule has 0 aliphatic rings. The molecule has 0 amide bonds. The van der Waals surface area contributed by atoms with Crippen LogP contribution in [0.3, 0.4) is 0 Å². The summed E-state index contributed by atoms with van der Waals surface area (Å²) in [5.41, 5.74) is 6.23. The molecule has 2 heterocycles. The summed E-state index contributed by atoms with van der Waals surface area (Å²) in [5.74, 6) is 0.614. The number of nitrogens with zero attached hydrogens (tertiary/aromatic N) is 3. The van der Waals surface area contributed by atoms with Crippen LogP contribution in [-0.2, 0) is 13.0 Å². The molecule has 0 saturated heterocycles. The van der Waals surface area contributed by atoms with Crippen LogP contribution in [0.15, 0.2) is 98.1 Å². The van der Waals surface area contributed by atoms with E-state index < -0.39 is 5.76 Å². The average Bonchev–Trinajstić information content (AvgIpc) is 3.36. The van der Waals surface area contributed by atoms with Crippen molar-refractivity contribution in [3.05, 3.63) is 122 Å². The van der Waals surface area contributed by atoms with Gasteiger partial charge >= 0.3 is 5.76 Å². The van der Waals surface area contributed by atoms with Crippen LogP contribution in [0.2, 0.25) is 0 Å². The Hall–Kier alpha value is -3.69. The molecule has 194 valence electrons. The molecular weight excluding hydrogens is 564 g/mol. The number of thioether (sulfide) groups is 1. The van der Waals surface area contributed by atoms with Crippen LogP contribution in [0.4, 0.5) is 0 Å². The van der Waals surface area contributed by atoms with E-state index in [0.717, 1.165) is 50.0 Å². The minimum atomic E-state index is -0.593. The highest BCUT2D eigenvalue weighted by Gasteiger charge is 2.16. The zero-order valence-electron chi connectivity index (χ0n) is 21.0. The normalized spacial score (nSPS) is 10.8. The zero-order valence-corrected chi connectivity index (χ0v) is 23.5. The Kier molecular flexibility index (Phi) is 8.81. The monoisotopic (exact) mass is 590 g/mol. The van der Waals surface area contributed by atoms with Crippen molar-refractivity contribution in [1.82, 2.24) is 19.7 Å². The first-order chi connectivity index (χ1) is 18.0. The highest BCUT2D eigenvalue weighted by Crippen LogP contribution is 2.30.